The van der Waals surface area contributed by atoms with Gasteiger partial charge in [0.1, 0.15) is 12.1 Å². The number of methoxy groups -OCH3 is 1. The number of fused-ring (bicyclic) bond motifs is 1. The van der Waals surface area contributed by atoms with Crippen molar-refractivity contribution in [1.82, 2.24) is 9.80 Å². The van der Waals surface area contributed by atoms with Crippen LogP contribution in [0.15, 0.2) is 48.5 Å². The Hall–Kier alpha value is -3.48. The van der Waals surface area contributed by atoms with E-state index in [0.29, 0.717) is 30.5 Å². The molecule has 0 radical (unpaired) electrons. The fraction of sp³-hybridized carbons (Fsp3) is 0.333. The monoisotopic (exact) mass is 420 g/mol. The van der Waals surface area contributed by atoms with Crippen LogP contribution in [0.1, 0.15) is 44.7 Å². The Kier molecular flexibility index (Phi) is 5.59. The lowest BCUT2D eigenvalue weighted by Crippen LogP contribution is -2.54. The van der Waals surface area contributed by atoms with E-state index in [0.717, 1.165) is 16.0 Å². The molecule has 7 heteroatoms. The average Bonchev–Trinajstić information content (AvgIpc) is 3.37. The van der Waals surface area contributed by atoms with E-state index >= 15 is 0 Å². The predicted molar refractivity (Wildman–Crippen MR) is 112 cm³/mol. The highest BCUT2D eigenvalue weighted by Crippen LogP contribution is 2.29. The number of ether oxygens (including phenoxy) is 1. The highest BCUT2D eigenvalue weighted by molar-refractivity contribution is 6.23. The molecule has 0 aromatic heterocycles. The number of rotatable bonds is 5. The van der Waals surface area contributed by atoms with Gasteiger partial charge in [-0.05, 0) is 37.5 Å². The van der Waals surface area contributed by atoms with Gasteiger partial charge in [0.2, 0.25) is 5.91 Å². The molecule has 2 unspecified atom stereocenters. The molecule has 2 aliphatic rings. The summed E-state index contributed by atoms with van der Waals surface area (Å²) >= 11 is 0. The lowest BCUT2D eigenvalue weighted by molar-refractivity contribution is -0.152. The van der Waals surface area contributed by atoms with Gasteiger partial charge in [-0.25, -0.2) is 4.79 Å². The molecular formula is C24H24N2O5. The number of benzene rings is 2. The first-order valence-corrected chi connectivity index (χ1v) is 10.3. The van der Waals surface area contributed by atoms with Gasteiger partial charge in [-0.2, -0.15) is 0 Å². The zero-order valence-electron chi connectivity index (χ0n) is 17.5. The molecule has 0 aliphatic carbocycles. The van der Waals surface area contributed by atoms with Crippen molar-refractivity contribution in [2.45, 2.75) is 38.3 Å². The fourth-order valence-electron chi connectivity index (χ4n) is 4.33. The lowest BCUT2D eigenvalue weighted by Gasteiger charge is -2.31. The number of amides is 3. The first-order chi connectivity index (χ1) is 14.9. The number of carbonyl (C=O) groups is 4. The van der Waals surface area contributed by atoms with Gasteiger partial charge in [0.15, 0.2) is 0 Å². The summed E-state index contributed by atoms with van der Waals surface area (Å²) in [5.41, 5.74) is 2.48. The van der Waals surface area contributed by atoms with Crippen LogP contribution >= 0.6 is 0 Å². The zero-order valence-corrected chi connectivity index (χ0v) is 17.5. The van der Waals surface area contributed by atoms with E-state index < -0.39 is 35.8 Å². The van der Waals surface area contributed by atoms with Crippen LogP contribution in [0.2, 0.25) is 0 Å². The second-order valence-corrected chi connectivity index (χ2v) is 7.94. The normalized spacial score (nSPS) is 18.8. The number of imide groups is 1. The van der Waals surface area contributed by atoms with Crippen molar-refractivity contribution in [2.24, 2.45) is 0 Å². The molecule has 1 saturated heterocycles. The summed E-state index contributed by atoms with van der Waals surface area (Å²) in [6, 6.07) is 12.4. The molecule has 0 spiro atoms. The van der Waals surface area contributed by atoms with E-state index in [2.05, 4.69) is 0 Å². The van der Waals surface area contributed by atoms with Crippen molar-refractivity contribution >= 4 is 23.7 Å². The summed E-state index contributed by atoms with van der Waals surface area (Å²) in [5.74, 6) is -1.87. The van der Waals surface area contributed by atoms with Crippen molar-refractivity contribution in [3.63, 3.8) is 0 Å². The molecule has 160 valence electrons. The van der Waals surface area contributed by atoms with Crippen LogP contribution in [-0.2, 0) is 20.7 Å². The van der Waals surface area contributed by atoms with Crippen LogP contribution in [0, 0.1) is 6.92 Å². The molecule has 1 fully saturated rings. The summed E-state index contributed by atoms with van der Waals surface area (Å²) in [7, 11) is 1.29. The summed E-state index contributed by atoms with van der Waals surface area (Å²) in [4.78, 5) is 54.6. The molecule has 7 nitrogen and oxygen atoms in total. The Labute approximate surface area is 180 Å². The van der Waals surface area contributed by atoms with Gasteiger partial charge in [0.05, 0.1) is 18.2 Å². The SMILES string of the molecule is COC(=O)C1CCCN1C(=O)C(Cc1ccc(C)cc1)N1C(=O)c2ccccc2C1=O. The number of carbonyl (C=O) groups excluding carboxylic acids is 4. The summed E-state index contributed by atoms with van der Waals surface area (Å²) in [6.07, 6.45) is 1.33. The van der Waals surface area contributed by atoms with E-state index in [1.54, 1.807) is 24.3 Å². The summed E-state index contributed by atoms with van der Waals surface area (Å²) in [6.45, 7) is 2.34. The van der Waals surface area contributed by atoms with E-state index in [1.807, 2.05) is 31.2 Å². The summed E-state index contributed by atoms with van der Waals surface area (Å²) in [5, 5.41) is 0. The van der Waals surface area contributed by atoms with Gasteiger partial charge in [0.25, 0.3) is 11.8 Å². The minimum Gasteiger partial charge on any atom is -0.467 e. The number of hydrogen-bond donors (Lipinski definition) is 0. The highest BCUT2D eigenvalue weighted by Gasteiger charge is 2.46. The van der Waals surface area contributed by atoms with E-state index in [-0.39, 0.29) is 6.42 Å². The quantitative estimate of drug-likeness (QED) is 0.548. The molecule has 2 aromatic carbocycles. The number of esters is 1. The molecular weight excluding hydrogens is 396 g/mol. The Bertz CT molecular complexity index is 1010. The molecule has 0 N–H and O–H groups in total. The molecule has 0 saturated carbocycles. The largest absolute Gasteiger partial charge is 0.467 e. The maximum Gasteiger partial charge on any atom is 0.328 e. The minimum absolute atomic E-state index is 0.176. The van der Waals surface area contributed by atoms with E-state index in [1.165, 1.54) is 12.0 Å². The second kappa shape index (κ2) is 8.34. The van der Waals surface area contributed by atoms with Crippen LogP contribution < -0.4 is 0 Å². The van der Waals surface area contributed by atoms with Crippen molar-refractivity contribution in [1.29, 1.82) is 0 Å². The Morgan fingerprint density at radius 3 is 2.23 bits per heavy atom. The van der Waals surface area contributed by atoms with Gasteiger partial charge in [0, 0.05) is 13.0 Å². The Morgan fingerprint density at radius 2 is 1.65 bits per heavy atom. The van der Waals surface area contributed by atoms with E-state index in [4.69, 9.17) is 4.74 Å². The smallest absolute Gasteiger partial charge is 0.328 e. The number of nitrogens with zero attached hydrogens (tertiary/aromatic N) is 2. The molecule has 4 rings (SSSR count). The van der Waals surface area contributed by atoms with Crippen LogP contribution in [0.25, 0.3) is 0 Å². The Morgan fingerprint density at radius 1 is 1.03 bits per heavy atom. The van der Waals surface area contributed by atoms with Gasteiger partial charge in [-0.15, -0.1) is 0 Å². The lowest BCUT2D eigenvalue weighted by atomic mass is 10.0. The average molecular weight is 420 g/mol. The number of hydrogen-bond acceptors (Lipinski definition) is 5. The van der Waals surface area contributed by atoms with Crippen molar-refractivity contribution < 1.29 is 23.9 Å². The molecule has 3 amide bonds. The minimum atomic E-state index is -1.04. The third kappa shape index (κ3) is 3.71. The molecule has 2 heterocycles. The predicted octanol–water partition coefficient (Wildman–Crippen LogP) is 2.37. The number of aryl methyl sites for hydroxylation is 1. The van der Waals surface area contributed by atoms with Crippen LogP contribution in [0.5, 0.6) is 0 Å². The Balaban J connectivity index is 1.71. The third-order valence-corrected chi connectivity index (χ3v) is 5.98. The second-order valence-electron chi connectivity index (χ2n) is 7.94. The van der Waals surface area contributed by atoms with E-state index in [9.17, 15) is 19.2 Å². The standard InChI is InChI=1S/C24H24N2O5/c1-15-9-11-16(12-10-15)14-20(23(29)25-13-5-8-19(25)24(30)31-2)26-21(27)17-6-3-4-7-18(17)22(26)28/h3-4,6-7,9-12,19-20H,5,8,13-14H2,1-2H3. The van der Waals surface area contributed by atoms with Crippen molar-refractivity contribution in [3.8, 4) is 0 Å². The van der Waals surface area contributed by atoms with Crippen molar-refractivity contribution in [2.75, 3.05) is 13.7 Å². The topological polar surface area (TPSA) is 84.0 Å². The van der Waals surface area contributed by atoms with Crippen molar-refractivity contribution in [3.05, 3.63) is 70.8 Å². The maximum absolute atomic E-state index is 13.6. The molecule has 31 heavy (non-hydrogen) atoms. The maximum atomic E-state index is 13.6. The number of likely N-dealkylation sites (tertiary alicyclic amines) is 1. The van der Waals surface area contributed by atoms with Crippen LogP contribution in [0.4, 0.5) is 0 Å². The first-order valence-electron chi connectivity index (χ1n) is 10.3. The summed E-state index contributed by atoms with van der Waals surface area (Å²) < 4.78 is 4.86. The van der Waals surface area contributed by atoms with Gasteiger partial charge >= 0.3 is 5.97 Å². The zero-order chi connectivity index (χ0) is 22.1. The van der Waals surface area contributed by atoms with Gasteiger partial charge in [-0.3, -0.25) is 19.3 Å². The molecule has 2 aromatic rings. The third-order valence-electron chi connectivity index (χ3n) is 5.98. The van der Waals surface area contributed by atoms with Gasteiger partial charge < -0.3 is 9.64 Å². The van der Waals surface area contributed by atoms with Crippen LogP contribution in [0.3, 0.4) is 0 Å². The van der Waals surface area contributed by atoms with Crippen LogP contribution in [-0.4, -0.2) is 59.2 Å². The first kappa shape index (κ1) is 20.8. The fourth-order valence-corrected chi connectivity index (χ4v) is 4.33. The highest BCUT2D eigenvalue weighted by atomic mass is 16.5. The molecule has 2 aliphatic heterocycles. The molecule has 2 atom stereocenters. The molecule has 0 bridgehead atoms. The van der Waals surface area contributed by atoms with Gasteiger partial charge in [-0.1, -0.05) is 42.0 Å².